The maximum Gasteiger partial charge on any atom is 0.387 e. The van der Waals surface area contributed by atoms with Crippen molar-refractivity contribution < 1.29 is 18.3 Å². The van der Waals surface area contributed by atoms with E-state index in [9.17, 15) is 13.6 Å². The zero-order valence-corrected chi connectivity index (χ0v) is 15.2. The molecule has 0 bridgehead atoms. The number of aryl methyl sites for hydroxylation is 1. The highest BCUT2D eigenvalue weighted by Gasteiger charge is 2.23. The Morgan fingerprint density at radius 3 is 2.44 bits per heavy atom. The predicted molar refractivity (Wildman–Crippen MR) is 100 cm³/mol. The van der Waals surface area contributed by atoms with Crippen LogP contribution < -0.4 is 10.1 Å². The number of para-hydroxylation sites is 1. The van der Waals surface area contributed by atoms with Crippen molar-refractivity contribution >= 4 is 11.7 Å². The molecule has 7 heteroatoms. The molecular weight excluding hydrogens is 352 g/mol. The zero-order chi connectivity index (χ0) is 19.2. The Labute approximate surface area is 157 Å². The standard InChI is InChI=1S/C20H23F2N3O2/c1-15-6-5-9-17(27-19(21)22)18(15)23-20(26)25-12-10-24(11-13-25)14-16-7-3-2-4-8-16/h2-9,19H,10-14H2,1H3,(H,23,26). The summed E-state index contributed by atoms with van der Waals surface area (Å²) >= 11 is 0. The quantitative estimate of drug-likeness (QED) is 0.861. The van der Waals surface area contributed by atoms with Crippen molar-refractivity contribution in [3.63, 3.8) is 0 Å². The third-order valence-corrected chi connectivity index (χ3v) is 4.59. The smallest absolute Gasteiger partial charge is 0.387 e. The van der Waals surface area contributed by atoms with Gasteiger partial charge in [-0.05, 0) is 24.1 Å². The molecule has 27 heavy (non-hydrogen) atoms. The molecule has 0 saturated carbocycles. The van der Waals surface area contributed by atoms with Crippen LogP contribution in [0.25, 0.3) is 0 Å². The van der Waals surface area contributed by atoms with E-state index in [0.717, 1.165) is 19.6 Å². The molecule has 0 atom stereocenters. The fourth-order valence-electron chi connectivity index (χ4n) is 3.13. The summed E-state index contributed by atoms with van der Waals surface area (Å²) in [6.07, 6.45) is 0. The SMILES string of the molecule is Cc1cccc(OC(F)F)c1NC(=O)N1CCN(Cc2ccccc2)CC1. The molecule has 0 aromatic heterocycles. The molecule has 1 heterocycles. The third-order valence-electron chi connectivity index (χ3n) is 4.59. The molecule has 0 aliphatic carbocycles. The number of anilines is 1. The first-order chi connectivity index (χ1) is 13.0. The van der Waals surface area contributed by atoms with Crippen molar-refractivity contribution in [1.82, 2.24) is 9.80 Å². The summed E-state index contributed by atoms with van der Waals surface area (Å²) in [6.45, 7) is 2.33. The number of halogens is 2. The Morgan fingerprint density at radius 2 is 1.78 bits per heavy atom. The average molecular weight is 375 g/mol. The molecule has 2 aromatic carbocycles. The number of hydrogen-bond acceptors (Lipinski definition) is 3. The second-order valence-corrected chi connectivity index (χ2v) is 6.51. The van der Waals surface area contributed by atoms with Crippen LogP contribution in [0.3, 0.4) is 0 Å². The predicted octanol–water partition coefficient (Wildman–Crippen LogP) is 3.95. The van der Waals surface area contributed by atoms with Gasteiger partial charge in [-0.15, -0.1) is 0 Å². The lowest BCUT2D eigenvalue weighted by Gasteiger charge is -2.34. The van der Waals surface area contributed by atoms with Gasteiger partial charge in [-0.3, -0.25) is 4.90 Å². The van der Waals surface area contributed by atoms with Crippen molar-refractivity contribution in [3.05, 3.63) is 59.7 Å². The van der Waals surface area contributed by atoms with Gasteiger partial charge in [0.15, 0.2) is 0 Å². The van der Waals surface area contributed by atoms with E-state index < -0.39 is 6.61 Å². The number of carbonyl (C=O) groups is 1. The monoisotopic (exact) mass is 375 g/mol. The minimum atomic E-state index is -2.94. The van der Waals surface area contributed by atoms with Crippen LogP contribution in [-0.4, -0.2) is 48.6 Å². The summed E-state index contributed by atoms with van der Waals surface area (Å²) in [6, 6.07) is 14.7. The van der Waals surface area contributed by atoms with E-state index in [4.69, 9.17) is 0 Å². The summed E-state index contributed by atoms with van der Waals surface area (Å²) < 4.78 is 29.7. The summed E-state index contributed by atoms with van der Waals surface area (Å²) in [5.41, 5.74) is 2.20. The van der Waals surface area contributed by atoms with E-state index in [2.05, 4.69) is 27.1 Å². The van der Waals surface area contributed by atoms with Gasteiger partial charge < -0.3 is 15.0 Å². The lowest BCUT2D eigenvalue weighted by atomic mass is 10.2. The van der Waals surface area contributed by atoms with Crippen molar-refractivity contribution in [2.24, 2.45) is 0 Å². The zero-order valence-electron chi connectivity index (χ0n) is 15.2. The molecule has 0 unspecified atom stereocenters. The normalized spacial score (nSPS) is 15.0. The van der Waals surface area contributed by atoms with Crippen LogP contribution in [0.1, 0.15) is 11.1 Å². The molecule has 1 fully saturated rings. The topological polar surface area (TPSA) is 44.8 Å². The fourth-order valence-corrected chi connectivity index (χ4v) is 3.13. The number of carbonyl (C=O) groups excluding carboxylic acids is 1. The van der Waals surface area contributed by atoms with Crippen molar-refractivity contribution in [3.8, 4) is 5.75 Å². The van der Waals surface area contributed by atoms with Crippen LogP contribution in [0, 0.1) is 6.92 Å². The van der Waals surface area contributed by atoms with E-state index in [1.807, 2.05) is 18.2 Å². The van der Waals surface area contributed by atoms with E-state index in [0.29, 0.717) is 18.7 Å². The Kier molecular flexibility index (Phi) is 6.24. The Morgan fingerprint density at radius 1 is 1.07 bits per heavy atom. The second-order valence-electron chi connectivity index (χ2n) is 6.51. The first-order valence-electron chi connectivity index (χ1n) is 8.89. The van der Waals surface area contributed by atoms with Crippen LogP contribution in [0.15, 0.2) is 48.5 Å². The molecule has 5 nitrogen and oxygen atoms in total. The molecule has 2 amide bonds. The molecule has 2 aromatic rings. The molecule has 1 N–H and O–H groups in total. The van der Waals surface area contributed by atoms with Crippen molar-refractivity contribution in [1.29, 1.82) is 0 Å². The summed E-state index contributed by atoms with van der Waals surface area (Å²) in [5, 5.41) is 2.73. The highest BCUT2D eigenvalue weighted by atomic mass is 19.3. The van der Waals surface area contributed by atoms with Gasteiger partial charge in [0.05, 0.1) is 5.69 Å². The molecule has 0 radical (unpaired) electrons. The van der Waals surface area contributed by atoms with Gasteiger partial charge >= 0.3 is 12.6 Å². The number of amides is 2. The second kappa shape index (κ2) is 8.81. The van der Waals surface area contributed by atoms with Gasteiger partial charge in [-0.2, -0.15) is 8.78 Å². The first kappa shape index (κ1) is 19.1. The highest BCUT2D eigenvalue weighted by Crippen LogP contribution is 2.29. The molecule has 3 rings (SSSR count). The lowest BCUT2D eigenvalue weighted by Crippen LogP contribution is -2.49. The largest absolute Gasteiger partial charge is 0.433 e. The third kappa shape index (κ3) is 5.17. The number of piperazine rings is 1. The van der Waals surface area contributed by atoms with Gasteiger partial charge in [-0.1, -0.05) is 42.5 Å². The maximum absolute atomic E-state index is 12.6. The summed E-state index contributed by atoms with van der Waals surface area (Å²) in [4.78, 5) is 16.6. The molecule has 1 aliphatic heterocycles. The van der Waals surface area contributed by atoms with E-state index in [1.165, 1.54) is 11.6 Å². The lowest BCUT2D eigenvalue weighted by molar-refractivity contribution is -0.0493. The van der Waals surface area contributed by atoms with Crippen LogP contribution >= 0.6 is 0 Å². The minimum Gasteiger partial charge on any atom is -0.433 e. The Bertz CT molecular complexity index is 763. The van der Waals surface area contributed by atoms with Crippen LogP contribution in [0.5, 0.6) is 5.75 Å². The maximum atomic E-state index is 12.6. The number of nitrogens with one attached hydrogen (secondary N) is 1. The van der Waals surface area contributed by atoms with Gasteiger partial charge in [0.25, 0.3) is 0 Å². The fraction of sp³-hybridized carbons (Fsp3) is 0.350. The van der Waals surface area contributed by atoms with Gasteiger partial charge in [0, 0.05) is 32.7 Å². The molecule has 1 aliphatic rings. The number of alkyl halides is 2. The number of rotatable bonds is 5. The first-order valence-corrected chi connectivity index (χ1v) is 8.89. The highest BCUT2D eigenvalue weighted by molar-refractivity contribution is 5.92. The van der Waals surface area contributed by atoms with E-state index >= 15 is 0 Å². The molecular formula is C20H23F2N3O2. The summed E-state index contributed by atoms with van der Waals surface area (Å²) in [7, 11) is 0. The molecule has 0 spiro atoms. The Balaban J connectivity index is 1.57. The Hall–Kier alpha value is -2.67. The summed E-state index contributed by atoms with van der Waals surface area (Å²) in [5.74, 6) is -0.0268. The van der Waals surface area contributed by atoms with Crippen LogP contribution in [0.2, 0.25) is 0 Å². The van der Waals surface area contributed by atoms with Crippen molar-refractivity contribution in [2.75, 3.05) is 31.5 Å². The van der Waals surface area contributed by atoms with E-state index in [-0.39, 0.29) is 17.5 Å². The number of hydrogen-bond donors (Lipinski definition) is 1. The number of ether oxygens (including phenoxy) is 1. The van der Waals surface area contributed by atoms with Gasteiger partial charge in [-0.25, -0.2) is 4.79 Å². The minimum absolute atomic E-state index is 0.0268. The number of urea groups is 1. The van der Waals surface area contributed by atoms with Crippen molar-refractivity contribution in [2.45, 2.75) is 20.1 Å². The van der Waals surface area contributed by atoms with E-state index in [1.54, 1.807) is 24.0 Å². The molecule has 144 valence electrons. The average Bonchev–Trinajstić information content (AvgIpc) is 2.65. The van der Waals surface area contributed by atoms with Crippen LogP contribution in [0.4, 0.5) is 19.3 Å². The number of benzene rings is 2. The van der Waals surface area contributed by atoms with Gasteiger partial charge in [0.2, 0.25) is 0 Å². The van der Waals surface area contributed by atoms with Gasteiger partial charge in [0.1, 0.15) is 5.75 Å². The molecule has 1 saturated heterocycles. The number of nitrogens with zero attached hydrogens (tertiary/aromatic N) is 2. The van der Waals surface area contributed by atoms with Crippen LogP contribution in [-0.2, 0) is 6.54 Å².